The van der Waals surface area contributed by atoms with Crippen molar-refractivity contribution >= 4 is 34.7 Å². The van der Waals surface area contributed by atoms with Crippen LogP contribution in [0.15, 0.2) is 23.1 Å². The Morgan fingerprint density at radius 2 is 2.22 bits per heavy atom. The van der Waals surface area contributed by atoms with Crippen molar-refractivity contribution in [1.29, 1.82) is 0 Å². The van der Waals surface area contributed by atoms with Gasteiger partial charge >= 0.3 is 0 Å². The van der Waals surface area contributed by atoms with Crippen molar-refractivity contribution in [2.45, 2.75) is 24.3 Å². The summed E-state index contributed by atoms with van der Waals surface area (Å²) in [5.41, 5.74) is 7.77. The maximum absolute atomic E-state index is 9.35. The number of hydrogen-bond acceptors (Lipinski definition) is 4. The zero-order chi connectivity index (χ0) is 13.7. The Kier molecular flexibility index (Phi) is 5.91. The fraction of sp³-hybridized carbons (Fsp3) is 0.462. The van der Waals surface area contributed by atoms with Gasteiger partial charge in [0.2, 0.25) is 0 Å². The molecule has 0 spiro atoms. The molecule has 100 valence electrons. The van der Waals surface area contributed by atoms with Crippen LogP contribution in [0, 0.1) is 0 Å². The van der Waals surface area contributed by atoms with Gasteiger partial charge in [0.25, 0.3) is 0 Å². The highest BCUT2D eigenvalue weighted by Crippen LogP contribution is 2.29. The molecule has 0 aliphatic heterocycles. The second-order valence-electron chi connectivity index (χ2n) is 4.28. The van der Waals surface area contributed by atoms with E-state index in [9.17, 15) is 5.11 Å². The first-order valence-electron chi connectivity index (χ1n) is 5.83. The zero-order valence-corrected chi connectivity index (χ0v) is 12.6. The monoisotopic (exact) mass is 284 g/mol. The minimum atomic E-state index is -0.301. The third-order valence-electron chi connectivity index (χ3n) is 2.76. The Balaban J connectivity index is 3.03. The molecule has 1 unspecified atom stereocenters. The molecule has 1 aromatic rings. The van der Waals surface area contributed by atoms with E-state index in [1.54, 1.807) is 18.7 Å². The third-order valence-corrected chi connectivity index (χ3v) is 3.75. The lowest BCUT2D eigenvalue weighted by Gasteiger charge is -2.24. The number of anilines is 1. The van der Waals surface area contributed by atoms with Crippen LogP contribution >= 0.6 is 24.0 Å². The van der Waals surface area contributed by atoms with E-state index < -0.39 is 0 Å². The fourth-order valence-electron chi connectivity index (χ4n) is 1.76. The molecule has 0 heterocycles. The minimum absolute atomic E-state index is 0.301. The second kappa shape index (κ2) is 6.97. The largest absolute Gasteiger partial charge is 0.393 e. The van der Waals surface area contributed by atoms with Crippen molar-refractivity contribution < 1.29 is 5.11 Å². The van der Waals surface area contributed by atoms with Gasteiger partial charge in [0.15, 0.2) is 0 Å². The van der Waals surface area contributed by atoms with Crippen LogP contribution in [0.4, 0.5) is 5.69 Å². The summed E-state index contributed by atoms with van der Waals surface area (Å²) >= 11 is 6.78. The molecule has 0 radical (unpaired) electrons. The molecule has 1 aromatic carbocycles. The Bertz CT molecular complexity index is 421. The number of aliphatic hydroxyl groups excluding tert-OH is 1. The molecule has 0 saturated heterocycles. The maximum atomic E-state index is 9.35. The van der Waals surface area contributed by atoms with Crippen molar-refractivity contribution in [3.63, 3.8) is 0 Å². The van der Waals surface area contributed by atoms with Gasteiger partial charge < -0.3 is 15.7 Å². The summed E-state index contributed by atoms with van der Waals surface area (Å²) in [6.45, 7) is 2.56. The molecule has 5 heteroatoms. The van der Waals surface area contributed by atoms with E-state index in [0.29, 0.717) is 4.99 Å². The van der Waals surface area contributed by atoms with E-state index in [1.807, 2.05) is 31.5 Å². The number of aliphatic hydroxyl groups is 1. The molecule has 3 N–H and O–H groups in total. The second-order valence-corrected chi connectivity index (χ2v) is 5.57. The SMILES string of the molecule is CSc1cccc(N(C)CCC(C)O)c1C(N)=S. The highest BCUT2D eigenvalue weighted by molar-refractivity contribution is 7.98. The van der Waals surface area contributed by atoms with E-state index in [0.717, 1.165) is 29.1 Å². The molecule has 1 rings (SSSR count). The molecule has 0 aliphatic rings. The molecular weight excluding hydrogens is 264 g/mol. The van der Waals surface area contributed by atoms with Gasteiger partial charge in [-0.2, -0.15) is 0 Å². The highest BCUT2D eigenvalue weighted by atomic mass is 32.2. The summed E-state index contributed by atoms with van der Waals surface area (Å²) in [6, 6.07) is 6.03. The number of nitrogens with two attached hydrogens (primary N) is 1. The Morgan fingerprint density at radius 1 is 1.56 bits per heavy atom. The molecule has 0 saturated carbocycles. The molecule has 0 aliphatic carbocycles. The molecule has 0 amide bonds. The van der Waals surface area contributed by atoms with Gasteiger partial charge in [0.1, 0.15) is 4.99 Å². The van der Waals surface area contributed by atoms with E-state index in [-0.39, 0.29) is 6.10 Å². The number of rotatable bonds is 6. The van der Waals surface area contributed by atoms with Gasteiger partial charge in [-0.15, -0.1) is 11.8 Å². The van der Waals surface area contributed by atoms with Gasteiger partial charge in [-0.3, -0.25) is 0 Å². The summed E-state index contributed by atoms with van der Waals surface area (Å²) in [7, 11) is 1.99. The lowest BCUT2D eigenvalue weighted by atomic mass is 10.1. The van der Waals surface area contributed by atoms with Crippen molar-refractivity contribution in [2.24, 2.45) is 5.73 Å². The average molecular weight is 284 g/mol. The number of thioether (sulfide) groups is 1. The van der Waals surface area contributed by atoms with Crippen LogP contribution in [-0.2, 0) is 0 Å². The summed E-state index contributed by atoms with van der Waals surface area (Å²) in [5.74, 6) is 0. The van der Waals surface area contributed by atoms with Crippen LogP contribution in [0.2, 0.25) is 0 Å². The molecular formula is C13H20N2OS2. The molecule has 3 nitrogen and oxygen atoms in total. The molecule has 0 bridgehead atoms. The fourth-order valence-corrected chi connectivity index (χ4v) is 2.67. The van der Waals surface area contributed by atoms with Crippen molar-refractivity contribution in [3.05, 3.63) is 23.8 Å². The van der Waals surface area contributed by atoms with Crippen molar-refractivity contribution in [1.82, 2.24) is 0 Å². The number of hydrogen-bond donors (Lipinski definition) is 2. The van der Waals surface area contributed by atoms with E-state index in [4.69, 9.17) is 18.0 Å². The smallest absolute Gasteiger partial charge is 0.107 e. The third kappa shape index (κ3) is 3.86. The van der Waals surface area contributed by atoms with Crippen LogP contribution in [-0.4, -0.2) is 36.0 Å². The van der Waals surface area contributed by atoms with Crippen LogP contribution < -0.4 is 10.6 Å². The van der Waals surface area contributed by atoms with Crippen LogP contribution in [0.25, 0.3) is 0 Å². The highest BCUT2D eigenvalue weighted by Gasteiger charge is 2.14. The van der Waals surface area contributed by atoms with E-state index in [1.165, 1.54) is 0 Å². The number of nitrogens with zero attached hydrogens (tertiary/aromatic N) is 1. The first-order valence-corrected chi connectivity index (χ1v) is 7.46. The topological polar surface area (TPSA) is 49.5 Å². The van der Waals surface area contributed by atoms with Gasteiger partial charge in [-0.05, 0) is 31.7 Å². The molecule has 18 heavy (non-hydrogen) atoms. The predicted octanol–water partition coefficient (Wildman–Crippen LogP) is 2.25. The maximum Gasteiger partial charge on any atom is 0.107 e. The first kappa shape index (κ1) is 15.3. The Morgan fingerprint density at radius 3 is 2.72 bits per heavy atom. The van der Waals surface area contributed by atoms with Gasteiger partial charge in [-0.25, -0.2) is 0 Å². The normalized spacial score (nSPS) is 12.2. The Hall–Kier alpha value is -0.780. The van der Waals surface area contributed by atoms with Gasteiger partial charge in [-0.1, -0.05) is 18.3 Å². The summed E-state index contributed by atoms with van der Waals surface area (Å²) in [6.07, 6.45) is 2.43. The quantitative estimate of drug-likeness (QED) is 0.620. The predicted molar refractivity (Wildman–Crippen MR) is 83.7 cm³/mol. The van der Waals surface area contributed by atoms with Crippen LogP contribution in [0.3, 0.4) is 0 Å². The minimum Gasteiger partial charge on any atom is -0.393 e. The summed E-state index contributed by atoms with van der Waals surface area (Å²) in [4.78, 5) is 3.59. The number of thiocarbonyl (C=S) groups is 1. The average Bonchev–Trinajstić information content (AvgIpc) is 2.34. The van der Waals surface area contributed by atoms with Crippen molar-refractivity contribution in [2.75, 3.05) is 24.7 Å². The lowest BCUT2D eigenvalue weighted by Crippen LogP contribution is -2.25. The molecule has 0 fully saturated rings. The van der Waals surface area contributed by atoms with Crippen LogP contribution in [0.5, 0.6) is 0 Å². The number of benzene rings is 1. The zero-order valence-electron chi connectivity index (χ0n) is 11.0. The van der Waals surface area contributed by atoms with Crippen molar-refractivity contribution in [3.8, 4) is 0 Å². The molecule has 1 atom stereocenters. The summed E-state index contributed by atoms with van der Waals surface area (Å²) < 4.78 is 0. The van der Waals surface area contributed by atoms with E-state index in [2.05, 4.69) is 4.90 Å². The first-order chi connectivity index (χ1) is 8.47. The van der Waals surface area contributed by atoms with Crippen LogP contribution in [0.1, 0.15) is 18.9 Å². The Labute approximate surface area is 118 Å². The summed E-state index contributed by atoms with van der Waals surface area (Å²) in [5, 5.41) is 9.35. The standard InChI is InChI=1S/C13H20N2OS2/c1-9(16)7-8-15(2)10-5-4-6-11(18-3)12(10)13(14)17/h4-6,9,16H,7-8H2,1-3H3,(H2,14,17). The lowest BCUT2D eigenvalue weighted by molar-refractivity contribution is 0.187. The van der Waals surface area contributed by atoms with E-state index >= 15 is 0 Å². The van der Waals surface area contributed by atoms with Gasteiger partial charge in [0.05, 0.1) is 6.10 Å². The van der Waals surface area contributed by atoms with Gasteiger partial charge in [0, 0.05) is 29.7 Å². The molecule has 0 aromatic heterocycles.